The zero-order chi connectivity index (χ0) is 28.8. The minimum absolute atomic E-state index is 0.167. The lowest BCUT2D eigenvalue weighted by Gasteiger charge is -2.25. The second-order valence-corrected chi connectivity index (χ2v) is 10.5. The average Bonchev–Trinajstić information content (AvgIpc) is 3.62. The van der Waals surface area contributed by atoms with Gasteiger partial charge in [0.2, 0.25) is 11.8 Å². The number of carbonyl (C=O) groups excluding carboxylic acids is 3. The molecule has 41 heavy (non-hydrogen) atoms. The Morgan fingerprint density at radius 1 is 1.10 bits per heavy atom. The third-order valence-electron chi connectivity index (χ3n) is 6.84. The predicted octanol–water partition coefficient (Wildman–Crippen LogP) is 2.39. The fourth-order valence-corrected chi connectivity index (χ4v) is 4.87. The van der Waals surface area contributed by atoms with Crippen LogP contribution in [0.2, 0.25) is 0 Å². The largest absolute Gasteiger partial charge is 0.494 e. The summed E-state index contributed by atoms with van der Waals surface area (Å²) in [5.41, 5.74) is 2.48. The zero-order valence-electron chi connectivity index (χ0n) is 23.2. The average molecular weight is 559 g/mol. The molecule has 2 bridgehead atoms. The van der Waals surface area contributed by atoms with Crippen LogP contribution in [0.4, 0.5) is 0 Å². The molecule has 0 spiro atoms. The summed E-state index contributed by atoms with van der Waals surface area (Å²) in [6.07, 6.45) is 4.54. The second-order valence-electron chi connectivity index (χ2n) is 10.5. The number of imidazole rings is 1. The van der Waals surface area contributed by atoms with Crippen molar-refractivity contribution in [3.63, 3.8) is 0 Å². The number of H-pyrrole nitrogens is 1. The Labute approximate surface area is 237 Å². The molecule has 0 fully saturated rings. The maximum absolute atomic E-state index is 13.6. The first kappa shape index (κ1) is 27.8. The molecule has 1 aliphatic rings. The van der Waals surface area contributed by atoms with Crippen LogP contribution in [0.3, 0.4) is 0 Å². The van der Waals surface area contributed by atoms with E-state index in [0.717, 1.165) is 11.4 Å². The van der Waals surface area contributed by atoms with Gasteiger partial charge in [0, 0.05) is 43.2 Å². The maximum atomic E-state index is 13.6. The highest BCUT2D eigenvalue weighted by molar-refractivity contribution is 5.99. The van der Waals surface area contributed by atoms with Gasteiger partial charge in [-0.15, -0.1) is 0 Å². The van der Waals surface area contributed by atoms with Gasteiger partial charge in [-0.1, -0.05) is 26.0 Å². The molecule has 3 amide bonds. The van der Waals surface area contributed by atoms with Crippen LogP contribution in [0.25, 0.3) is 22.4 Å². The smallest absolute Gasteiger partial charge is 0.254 e. The molecule has 214 valence electrons. The standard InChI is InChI=1S/C29H34N8O4/c1-19(2)15-25-28(39)31-10-13-36-12-9-30-27(36)20-5-3-6-22(16-20)41-14-4-11-37(18-26(38)32-25)29(40)21-7-8-23-24(17-21)34-35-33-23/h3,5-9,12,16-17,19,25H,4,10-11,13-15,18H2,1-2H3,(H,31,39)(H,32,38)(H,33,34,35)/t25-/m1/s1. The molecule has 0 aliphatic carbocycles. The van der Waals surface area contributed by atoms with Gasteiger partial charge in [-0.25, -0.2) is 4.98 Å². The molecule has 2 aromatic carbocycles. The van der Waals surface area contributed by atoms with E-state index in [1.54, 1.807) is 24.4 Å². The van der Waals surface area contributed by atoms with E-state index in [1.165, 1.54) is 4.90 Å². The summed E-state index contributed by atoms with van der Waals surface area (Å²) in [6.45, 7) is 5.26. The van der Waals surface area contributed by atoms with E-state index in [2.05, 4.69) is 31.0 Å². The van der Waals surface area contributed by atoms with Gasteiger partial charge >= 0.3 is 0 Å². The molecule has 0 radical (unpaired) electrons. The maximum Gasteiger partial charge on any atom is 0.254 e. The first-order valence-corrected chi connectivity index (χ1v) is 13.8. The summed E-state index contributed by atoms with van der Waals surface area (Å²) in [6, 6.07) is 11.9. The molecule has 12 heteroatoms. The summed E-state index contributed by atoms with van der Waals surface area (Å²) in [7, 11) is 0. The number of nitrogens with zero attached hydrogens (tertiary/aromatic N) is 5. The molecule has 3 heterocycles. The molecule has 0 saturated carbocycles. The minimum Gasteiger partial charge on any atom is -0.494 e. The molecule has 5 rings (SSSR count). The highest BCUT2D eigenvalue weighted by Gasteiger charge is 2.25. The Hall–Kier alpha value is -4.74. The van der Waals surface area contributed by atoms with Gasteiger partial charge in [0.1, 0.15) is 28.6 Å². The number of hydrogen-bond donors (Lipinski definition) is 3. The topological polar surface area (TPSA) is 147 Å². The lowest BCUT2D eigenvalue weighted by atomic mass is 10.0. The Bertz CT molecular complexity index is 1530. The van der Waals surface area contributed by atoms with Crippen molar-refractivity contribution in [3.05, 3.63) is 60.4 Å². The molecule has 12 nitrogen and oxygen atoms in total. The van der Waals surface area contributed by atoms with Crippen molar-refractivity contribution in [3.8, 4) is 17.1 Å². The number of aromatic nitrogens is 5. The van der Waals surface area contributed by atoms with Gasteiger partial charge in [-0.05, 0) is 49.1 Å². The number of ether oxygens (including phenoxy) is 1. The van der Waals surface area contributed by atoms with E-state index in [-0.39, 0.29) is 30.8 Å². The quantitative estimate of drug-likeness (QED) is 0.350. The Kier molecular flexibility index (Phi) is 8.56. The van der Waals surface area contributed by atoms with Crippen molar-refractivity contribution in [1.82, 2.24) is 40.5 Å². The number of rotatable bonds is 3. The number of benzene rings is 2. The highest BCUT2D eigenvalue weighted by atomic mass is 16.5. The summed E-state index contributed by atoms with van der Waals surface area (Å²) < 4.78 is 7.98. The summed E-state index contributed by atoms with van der Waals surface area (Å²) >= 11 is 0. The molecule has 3 N–H and O–H groups in total. The zero-order valence-corrected chi connectivity index (χ0v) is 23.2. The van der Waals surface area contributed by atoms with Crippen molar-refractivity contribution in [2.75, 3.05) is 26.2 Å². The number of carbonyl (C=O) groups is 3. The lowest BCUT2D eigenvalue weighted by molar-refractivity contribution is -0.129. The van der Waals surface area contributed by atoms with E-state index >= 15 is 0 Å². The van der Waals surface area contributed by atoms with Gasteiger partial charge in [0.05, 0.1) is 13.2 Å². The monoisotopic (exact) mass is 558 g/mol. The molecule has 2 aromatic heterocycles. The predicted molar refractivity (Wildman–Crippen MR) is 152 cm³/mol. The van der Waals surface area contributed by atoms with Gasteiger partial charge in [0.15, 0.2) is 0 Å². The second kappa shape index (κ2) is 12.6. The van der Waals surface area contributed by atoms with Crippen molar-refractivity contribution >= 4 is 28.8 Å². The fourth-order valence-electron chi connectivity index (χ4n) is 4.87. The van der Waals surface area contributed by atoms with Crippen LogP contribution >= 0.6 is 0 Å². The highest BCUT2D eigenvalue weighted by Crippen LogP contribution is 2.23. The van der Waals surface area contributed by atoms with Gasteiger partial charge in [-0.2, -0.15) is 15.4 Å². The normalized spacial score (nSPS) is 17.2. The van der Waals surface area contributed by atoms with Crippen molar-refractivity contribution < 1.29 is 19.1 Å². The molecule has 0 unspecified atom stereocenters. The van der Waals surface area contributed by atoms with Crippen LogP contribution in [0.1, 0.15) is 37.0 Å². The van der Waals surface area contributed by atoms with Gasteiger partial charge in [-0.3, -0.25) is 14.4 Å². The lowest BCUT2D eigenvalue weighted by Crippen LogP contribution is -2.51. The molecular weight excluding hydrogens is 524 g/mol. The van der Waals surface area contributed by atoms with Gasteiger partial charge < -0.3 is 24.8 Å². The molecule has 1 aliphatic heterocycles. The van der Waals surface area contributed by atoms with Crippen molar-refractivity contribution in [2.24, 2.45) is 5.92 Å². The van der Waals surface area contributed by atoms with Crippen LogP contribution < -0.4 is 15.4 Å². The van der Waals surface area contributed by atoms with Crippen molar-refractivity contribution in [2.45, 2.75) is 39.3 Å². The van der Waals surface area contributed by atoms with Crippen LogP contribution in [0.15, 0.2) is 54.9 Å². The summed E-state index contributed by atoms with van der Waals surface area (Å²) in [4.78, 5) is 45.9. The van der Waals surface area contributed by atoms with Crippen molar-refractivity contribution in [1.29, 1.82) is 0 Å². The van der Waals surface area contributed by atoms with E-state index in [1.807, 2.05) is 48.9 Å². The number of fused-ring (bicyclic) bond motifs is 5. The van der Waals surface area contributed by atoms with E-state index < -0.39 is 11.9 Å². The minimum atomic E-state index is -0.730. The van der Waals surface area contributed by atoms with Crippen LogP contribution in [-0.4, -0.2) is 79.9 Å². The molecule has 0 saturated heterocycles. The van der Waals surface area contributed by atoms with Crippen LogP contribution in [0.5, 0.6) is 5.75 Å². The Balaban J connectivity index is 1.40. The third kappa shape index (κ3) is 6.89. The first-order valence-electron chi connectivity index (χ1n) is 13.8. The number of aromatic amines is 1. The summed E-state index contributed by atoms with van der Waals surface area (Å²) in [5.74, 6) is 0.611. The molecular formula is C29H34N8O4. The van der Waals surface area contributed by atoms with E-state index in [4.69, 9.17) is 4.74 Å². The number of hydrogen-bond acceptors (Lipinski definition) is 7. The third-order valence-corrected chi connectivity index (χ3v) is 6.84. The fraction of sp³-hybridized carbons (Fsp3) is 0.379. The molecule has 1 atom stereocenters. The first-order chi connectivity index (χ1) is 19.9. The number of nitrogens with one attached hydrogen (secondary N) is 3. The van der Waals surface area contributed by atoms with E-state index in [9.17, 15) is 14.4 Å². The SMILES string of the molecule is CC(C)C[C@H]1NC(=O)CN(C(=O)c2ccc3n[nH]nc3c2)CCCOc2cccc(c2)-c2nccn2CCNC1=O. The number of amides is 3. The van der Waals surface area contributed by atoms with Crippen LogP contribution in [-0.2, 0) is 16.1 Å². The Morgan fingerprint density at radius 2 is 1.95 bits per heavy atom. The summed E-state index contributed by atoms with van der Waals surface area (Å²) in [5, 5.41) is 16.5. The molecule has 4 aromatic rings. The van der Waals surface area contributed by atoms with Gasteiger partial charge in [0.25, 0.3) is 5.91 Å². The van der Waals surface area contributed by atoms with E-state index in [0.29, 0.717) is 54.9 Å². The Morgan fingerprint density at radius 3 is 2.80 bits per heavy atom. The van der Waals surface area contributed by atoms with Crippen LogP contribution in [0, 0.1) is 5.92 Å².